The van der Waals surface area contributed by atoms with Gasteiger partial charge in [0.1, 0.15) is 0 Å². The molecule has 0 saturated heterocycles. The highest BCUT2D eigenvalue weighted by Crippen LogP contribution is 2.41. The third-order valence-corrected chi connectivity index (χ3v) is 5.39. The summed E-state index contributed by atoms with van der Waals surface area (Å²) in [4.78, 5) is 16.2. The fraction of sp³-hybridized carbons (Fsp3) is 0.692. The lowest BCUT2D eigenvalue weighted by Crippen LogP contribution is -2.54. The van der Waals surface area contributed by atoms with Gasteiger partial charge in [0.15, 0.2) is 5.16 Å². The average molecular weight is 280 g/mol. The van der Waals surface area contributed by atoms with Crippen molar-refractivity contribution in [2.45, 2.75) is 54.1 Å². The molecule has 0 radical (unpaired) electrons. The molecule has 104 valence electrons. The van der Waals surface area contributed by atoms with Gasteiger partial charge in [-0.25, -0.2) is 4.98 Å². The molecular weight excluding hydrogens is 260 g/mol. The molecule has 5 nitrogen and oxygen atoms in total. The average Bonchev–Trinajstić information content (AvgIpc) is 2.93. The van der Waals surface area contributed by atoms with E-state index in [0.29, 0.717) is 11.3 Å². The Morgan fingerprint density at radius 3 is 2.95 bits per heavy atom. The van der Waals surface area contributed by atoms with Gasteiger partial charge in [-0.3, -0.25) is 4.79 Å². The number of carbonyl (C=O) groups excluding carboxylic acids is 1. The molecule has 1 aromatic rings. The van der Waals surface area contributed by atoms with Crippen LogP contribution in [0.5, 0.6) is 0 Å². The van der Waals surface area contributed by atoms with Crippen molar-refractivity contribution >= 4 is 17.7 Å². The molecule has 2 atom stereocenters. The summed E-state index contributed by atoms with van der Waals surface area (Å²) in [5, 5.41) is 4.90. The molecule has 19 heavy (non-hydrogen) atoms. The number of nitrogens with zero attached hydrogens (tertiary/aromatic N) is 2. The predicted molar refractivity (Wildman–Crippen MR) is 74.8 cm³/mol. The molecular formula is C13H20N4OS. The molecule has 2 unspecified atom stereocenters. The first-order chi connectivity index (χ1) is 9.09. The maximum absolute atomic E-state index is 11.8. The van der Waals surface area contributed by atoms with Gasteiger partial charge < -0.3 is 15.6 Å². The third-order valence-electron chi connectivity index (χ3n) is 4.05. The highest BCUT2D eigenvalue weighted by atomic mass is 32.2. The van der Waals surface area contributed by atoms with E-state index in [1.807, 2.05) is 17.8 Å². The standard InChI is InChI=1S/C13H20N4OS/c1-17-7-6-15-12(17)19-10-4-5-13(8-10,11(14)18)16-9-2-3-9/h6-7,9-10,16H,2-5,8H2,1H3,(H2,14,18). The van der Waals surface area contributed by atoms with Crippen LogP contribution in [-0.2, 0) is 11.8 Å². The lowest BCUT2D eigenvalue weighted by molar-refractivity contribution is -0.124. The number of imidazole rings is 1. The van der Waals surface area contributed by atoms with Gasteiger partial charge in [-0.2, -0.15) is 0 Å². The SMILES string of the molecule is Cn1ccnc1SC1CCC(NC2CC2)(C(N)=O)C1. The van der Waals surface area contributed by atoms with Crippen LogP contribution in [0.2, 0.25) is 0 Å². The van der Waals surface area contributed by atoms with Crippen LogP contribution in [-0.4, -0.2) is 32.3 Å². The van der Waals surface area contributed by atoms with Gasteiger partial charge in [-0.15, -0.1) is 0 Å². The minimum atomic E-state index is -0.482. The molecule has 2 aliphatic carbocycles. The Labute approximate surface area is 117 Å². The van der Waals surface area contributed by atoms with Crippen LogP contribution < -0.4 is 11.1 Å². The summed E-state index contributed by atoms with van der Waals surface area (Å²) in [6.07, 6.45) is 8.78. The molecule has 1 aromatic heterocycles. The van der Waals surface area contributed by atoms with E-state index in [9.17, 15) is 4.79 Å². The topological polar surface area (TPSA) is 72.9 Å². The van der Waals surface area contributed by atoms with Gasteiger partial charge in [0.25, 0.3) is 0 Å². The fourth-order valence-electron chi connectivity index (χ4n) is 2.76. The molecule has 6 heteroatoms. The van der Waals surface area contributed by atoms with Crippen LogP contribution in [0.15, 0.2) is 17.6 Å². The third kappa shape index (κ3) is 2.65. The summed E-state index contributed by atoms with van der Waals surface area (Å²) in [7, 11) is 1.99. The quantitative estimate of drug-likeness (QED) is 0.845. The second-order valence-corrected chi connectivity index (χ2v) is 6.94. The van der Waals surface area contributed by atoms with E-state index in [1.165, 1.54) is 12.8 Å². The number of nitrogens with one attached hydrogen (secondary N) is 1. The summed E-state index contributed by atoms with van der Waals surface area (Å²) >= 11 is 1.76. The van der Waals surface area contributed by atoms with E-state index in [4.69, 9.17) is 5.73 Å². The van der Waals surface area contributed by atoms with E-state index in [1.54, 1.807) is 18.0 Å². The normalized spacial score (nSPS) is 30.7. The number of rotatable bonds is 5. The zero-order chi connectivity index (χ0) is 13.5. The van der Waals surface area contributed by atoms with Crippen LogP contribution >= 0.6 is 11.8 Å². The van der Waals surface area contributed by atoms with Crippen LogP contribution in [0.3, 0.4) is 0 Å². The maximum atomic E-state index is 11.8. The van der Waals surface area contributed by atoms with E-state index in [0.717, 1.165) is 24.4 Å². The number of hydrogen-bond acceptors (Lipinski definition) is 4. The number of aryl methyl sites for hydroxylation is 1. The van der Waals surface area contributed by atoms with Gasteiger partial charge in [0.2, 0.25) is 5.91 Å². The largest absolute Gasteiger partial charge is 0.368 e. The Balaban J connectivity index is 1.67. The molecule has 1 amide bonds. The summed E-state index contributed by atoms with van der Waals surface area (Å²) in [6, 6.07) is 0.504. The van der Waals surface area contributed by atoms with Gasteiger partial charge in [-0.05, 0) is 32.1 Å². The minimum Gasteiger partial charge on any atom is -0.368 e. The van der Waals surface area contributed by atoms with Crippen LogP contribution in [0.25, 0.3) is 0 Å². The number of nitrogens with two attached hydrogens (primary N) is 1. The maximum Gasteiger partial charge on any atom is 0.237 e. The van der Waals surface area contributed by atoms with Crippen molar-refractivity contribution in [2.24, 2.45) is 12.8 Å². The van der Waals surface area contributed by atoms with E-state index >= 15 is 0 Å². The summed E-state index contributed by atoms with van der Waals surface area (Å²) in [6.45, 7) is 0. The van der Waals surface area contributed by atoms with Crippen molar-refractivity contribution in [3.05, 3.63) is 12.4 Å². The van der Waals surface area contributed by atoms with Crippen LogP contribution in [0, 0.1) is 0 Å². The molecule has 2 aliphatic rings. The molecule has 0 bridgehead atoms. The number of aromatic nitrogens is 2. The van der Waals surface area contributed by atoms with Crippen molar-refractivity contribution in [2.75, 3.05) is 0 Å². The Morgan fingerprint density at radius 2 is 2.37 bits per heavy atom. The molecule has 0 aliphatic heterocycles. The smallest absolute Gasteiger partial charge is 0.237 e. The summed E-state index contributed by atoms with van der Waals surface area (Å²) in [5.41, 5.74) is 5.16. The Morgan fingerprint density at radius 1 is 1.58 bits per heavy atom. The zero-order valence-electron chi connectivity index (χ0n) is 11.1. The molecule has 0 spiro atoms. The first-order valence-electron chi connectivity index (χ1n) is 6.81. The molecule has 3 rings (SSSR count). The van der Waals surface area contributed by atoms with Crippen molar-refractivity contribution in [1.29, 1.82) is 0 Å². The number of hydrogen-bond donors (Lipinski definition) is 2. The first kappa shape index (κ1) is 13.0. The number of amides is 1. The van der Waals surface area contributed by atoms with Gasteiger partial charge >= 0.3 is 0 Å². The van der Waals surface area contributed by atoms with Crippen molar-refractivity contribution in [3.63, 3.8) is 0 Å². The van der Waals surface area contributed by atoms with Gasteiger partial charge in [0, 0.05) is 30.7 Å². The van der Waals surface area contributed by atoms with Crippen molar-refractivity contribution in [3.8, 4) is 0 Å². The number of thioether (sulfide) groups is 1. The Hall–Kier alpha value is -1.01. The second kappa shape index (κ2) is 4.83. The Kier molecular flexibility index (Phi) is 3.30. The molecule has 1 heterocycles. The molecule has 3 N–H and O–H groups in total. The second-order valence-electron chi connectivity index (χ2n) is 5.67. The molecule has 0 aromatic carbocycles. The van der Waals surface area contributed by atoms with E-state index in [-0.39, 0.29) is 5.91 Å². The monoisotopic (exact) mass is 280 g/mol. The fourth-order valence-corrected chi connectivity index (χ4v) is 4.01. The van der Waals surface area contributed by atoms with Crippen LogP contribution in [0.4, 0.5) is 0 Å². The predicted octanol–water partition coefficient (Wildman–Crippen LogP) is 1.04. The number of primary amides is 1. The van der Waals surface area contributed by atoms with Crippen molar-refractivity contribution < 1.29 is 4.79 Å². The van der Waals surface area contributed by atoms with Gasteiger partial charge in [-0.1, -0.05) is 11.8 Å². The van der Waals surface area contributed by atoms with Crippen molar-refractivity contribution in [1.82, 2.24) is 14.9 Å². The van der Waals surface area contributed by atoms with E-state index < -0.39 is 5.54 Å². The minimum absolute atomic E-state index is 0.192. The lowest BCUT2D eigenvalue weighted by Gasteiger charge is -2.27. The highest BCUT2D eigenvalue weighted by molar-refractivity contribution is 7.99. The Bertz CT molecular complexity index is 485. The summed E-state index contributed by atoms with van der Waals surface area (Å²) in [5.74, 6) is -0.192. The zero-order valence-corrected chi connectivity index (χ0v) is 11.9. The molecule has 2 fully saturated rings. The highest BCUT2D eigenvalue weighted by Gasteiger charge is 2.47. The van der Waals surface area contributed by atoms with Gasteiger partial charge in [0.05, 0.1) is 5.54 Å². The van der Waals surface area contributed by atoms with Crippen LogP contribution in [0.1, 0.15) is 32.1 Å². The summed E-state index contributed by atoms with van der Waals surface area (Å²) < 4.78 is 2.02. The number of carbonyl (C=O) groups is 1. The lowest BCUT2D eigenvalue weighted by atomic mass is 9.96. The first-order valence-corrected chi connectivity index (χ1v) is 7.69. The molecule has 2 saturated carbocycles. The van der Waals surface area contributed by atoms with E-state index in [2.05, 4.69) is 10.3 Å².